The summed E-state index contributed by atoms with van der Waals surface area (Å²) in [5.74, 6) is 2.11. The summed E-state index contributed by atoms with van der Waals surface area (Å²) < 4.78 is 0. The normalized spacial score (nSPS) is 19.2. The fraction of sp³-hybridized carbons (Fsp3) is 1.00. The van der Waals surface area contributed by atoms with E-state index in [4.69, 9.17) is 5.73 Å². The molecule has 1 heteroatoms. The Balaban J connectivity index is 3.83. The Bertz CT molecular complexity index is 110. The third kappa shape index (κ3) is 4.10. The maximum atomic E-state index is 6.12. The first-order valence-corrected chi connectivity index (χ1v) is 5.24. The molecule has 0 spiro atoms. The summed E-state index contributed by atoms with van der Waals surface area (Å²) in [5, 5.41) is 0. The lowest BCUT2D eigenvalue weighted by Crippen LogP contribution is -2.35. The van der Waals surface area contributed by atoms with E-state index in [0.29, 0.717) is 17.9 Å². The van der Waals surface area contributed by atoms with Crippen molar-refractivity contribution in [3.63, 3.8) is 0 Å². The minimum atomic E-state index is 0.386. The van der Waals surface area contributed by atoms with Crippen molar-refractivity contribution >= 4 is 0 Å². The van der Waals surface area contributed by atoms with Crippen LogP contribution in [-0.4, -0.2) is 6.04 Å². The Morgan fingerprint density at radius 2 is 1.50 bits per heavy atom. The zero-order valence-electron chi connectivity index (χ0n) is 9.30. The van der Waals surface area contributed by atoms with Crippen LogP contribution in [0.5, 0.6) is 0 Å². The lowest BCUT2D eigenvalue weighted by Gasteiger charge is -2.26. The lowest BCUT2D eigenvalue weighted by atomic mass is 9.85. The van der Waals surface area contributed by atoms with Gasteiger partial charge in [0.2, 0.25) is 0 Å². The highest BCUT2D eigenvalue weighted by molar-refractivity contribution is 4.74. The van der Waals surface area contributed by atoms with Crippen LogP contribution in [0.1, 0.15) is 47.5 Å². The van der Waals surface area contributed by atoms with Gasteiger partial charge in [0.15, 0.2) is 0 Å². The minimum Gasteiger partial charge on any atom is -0.327 e. The SMILES string of the molecule is CCC(C)C(N)C(C)CC(C)C. The van der Waals surface area contributed by atoms with E-state index < -0.39 is 0 Å². The van der Waals surface area contributed by atoms with Crippen molar-refractivity contribution in [2.45, 2.75) is 53.5 Å². The molecule has 0 aliphatic rings. The predicted molar refractivity (Wildman–Crippen MR) is 56.0 cm³/mol. The number of nitrogens with two attached hydrogens (primary N) is 1. The molecule has 0 fully saturated rings. The van der Waals surface area contributed by atoms with Gasteiger partial charge in [-0.25, -0.2) is 0 Å². The predicted octanol–water partition coefficient (Wildman–Crippen LogP) is 3.04. The van der Waals surface area contributed by atoms with Crippen LogP contribution in [0.15, 0.2) is 0 Å². The minimum absolute atomic E-state index is 0.386. The molecule has 3 unspecified atom stereocenters. The van der Waals surface area contributed by atoms with Gasteiger partial charge in [-0.2, -0.15) is 0 Å². The molecular formula is C11H25N. The van der Waals surface area contributed by atoms with Crippen LogP contribution in [-0.2, 0) is 0 Å². The highest BCUT2D eigenvalue weighted by Gasteiger charge is 2.18. The van der Waals surface area contributed by atoms with Crippen molar-refractivity contribution in [2.75, 3.05) is 0 Å². The summed E-state index contributed by atoms with van der Waals surface area (Å²) >= 11 is 0. The molecule has 1 nitrogen and oxygen atoms in total. The maximum Gasteiger partial charge on any atom is 0.00903 e. The summed E-state index contributed by atoms with van der Waals surface area (Å²) in [6.45, 7) is 11.3. The molecule has 0 aliphatic heterocycles. The van der Waals surface area contributed by atoms with Gasteiger partial charge in [0.1, 0.15) is 0 Å². The van der Waals surface area contributed by atoms with Crippen molar-refractivity contribution in [1.29, 1.82) is 0 Å². The van der Waals surface area contributed by atoms with Crippen molar-refractivity contribution < 1.29 is 0 Å². The van der Waals surface area contributed by atoms with E-state index in [-0.39, 0.29) is 0 Å². The molecule has 0 saturated heterocycles. The molecule has 0 rings (SSSR count). The van der Waals surface area contributed by atoms with Gasteiger partial charge < -0.3 is 5.73 Å². The quantitative estimate of drug-likeness (QED) is 0.676. The van der Waals surface area contributed by atoms with E-state index in [0.717, 1.165) is 5.92 Å². The Morgan fingerprint density at radius 3 is 1.83 bits per heavy atom. The molecule has 0 saturated carbocycles. The molecule has 0 aliphatic carbocycles. The zero-order chi connectivity index (χ0) is 9.72. The number of hydrogen-bond donors (Lipinski definition) is 1. The Labute approximate surface area is 77.7 Å². The molecule has 0 aromatic heterocycles. The third-order valence-electron chi connectivity index (χ3n) is 2.80. The molecule has 0 radical (unpaired) electrons. The van der Waals surface area contributed by atoms with Gasteiger partial charge in [-0.05, 0) is 24.2 Å². The zero-order valence-corrected chi connectivity index (χ0v) is 9.30. The van der Waals surface area contributed by atoms with Gasteiger partial charge in [-0.1, -0.05) is 41.0 Å². The lowest BCUT2D eigenvalue weighted by molar-refractivity contribution is 0.296. The molecule has 2 N–H and O–H groups in total. The van der Waals surface area contributed by atoms with Gasteiger partial charge in [0, 0.05) is 6.04 Å². The first kappa shape index (κ1) is 12.0. The molecule has 12 heavy (non-hydrogen) atoms. The standard InChI is InChI=1S/C11H25N/c1-6-9(4)11(12)10(5)7-8(2)3/h8-11H,6-7,12H2,1-5H3. The first-order valence-electron chi connectivity index (χ1n) is 5.24. The average molecular weight is 171 g/mol. The smallest absolute Gasteiger partial charge is 0.00903 e. The molecule has 0 aromatic carbocycles. The molecule has 0 heterocycles. The Morgan fingerprint density at radius 1 is 1.00 bits per heavy atom. The average Bonchev–Trinajstić information content (AvgIpc) is 2.00. The summed E-state index contributed by atoms with van der Waals surface area (Å²) in [4.78, 5) is 0. The van der Waals surface area contributed by atoms with E-state index in [9.17, 15) is 0 Å². The second-order valence-corrected chi connectivity index (χ2v) is 4.57. The van der Waals surface area contributed by atoms with Crippen LogP contribution in [0.2, 0.25) is 0 Å². The summed E-state index contributed by atoms with van der Waals surface area (Å²) in [6.07, 6.45) is 2.45. The fourth-order valence-electron chi connectivity index (χ4n) is 1.73. The Kier molecular flexibility index (Phi) is 5.56. The van der Waals surface area contributed by atoms with E-state index >= 15 is 0 Å². The molecule has 74 valence electrons. The topological polar surface area (TPSA) is 26.0 Å². The van der Waals surface area contributed by atoms with Gasteiger partial charge in [-0.3, -0.25) is 0 Å². The molecule has 0 amide bonds. The van der Waals surface area contributed by atoms with Crippen LogP contribution < -0.4 is 5.73 Å². The van der Waals surface area contributed by atoms with E-state index in [2.05, 4.69) is 34.6 Å². The number of rotatable bonds is 5. The highest BCUT2D eigenvalue weighted by Crippen LogP contribution is 2.20. The van der Waals surface area contributed by atoms with Gasteiger partial charge in [-0.15, -0.1) is 0 Å². The van der Waals surface area contributed by atoms with E-state index in [1.807, 2.05) is 0 Å². The van der Waals surface area contributed by atoms with Crippen molar-refractivity contribution in [3.8, 4) is 0 Å². The molecule has 3 atom stereocenters. The summed E-state index contributed by atoms with van der Waals surface area (Å²) in [6, 6.07) is 0.386. The highest BCUT2D eigenvalue weighted by atomic mass is 14.7. The largest absolute Gasteiger partial charge is 0.327 e. The van der Waals surface area contributed by atoms with Gasteiger partial charge in [0.05, 0.1) is 0 Å². The second-order valence-electron chi connectivity index (χ2n) is 4.57. The molecule has 0 aromatic rings. The van der Waals surface area contributed by atoms with Gasteiger partial charge in [0.25, 0.3) is 0 Å². The number of hydrogen-bond acceptors (Lipinski definition) is 1. The van der Waals surface area contributed by atoms with Crippen LogP contribution in [0.25, 0.3) is 0 Å². The molecular weight excluding hydrogens is 146 g/mol. The maximum absolute atomic E-state index is 6.12. The van der Waals surface area contributed by atoms with Crippen LogP contribution >= 0.6 is 0 Å². The second kappa shape index (κ2) is 5.58. The van der Waals surface area contributed by atoms with Crippen molar-refractivity contribution in [1.82, 2.24) is 0 Å². The monoisotopic (exact) mass is 171 g/mol. The van der Waals surface area contributed by atoms with E-state index in [1.165, 1.54) is 12.8 Å². The fourth-order valence-corrected chi connectivity index (χ4v) is 1.73. The van der Waals surface area contributed by atoms with E-state index in [1.54, 1.807) is 0 Å². The summed E-state index contributed by atoms with van der Waals surface area (Å²) in [7, 11) is 0. The van der Waals surface area contributed by atoms with Crippen LogP contribution in [0.4, 0.5) is 0 Å². The molecule has 0 bridgehead atoms. The van der Waals surface area contributed by atoms with Gasteiger partial charge >= 0.3 is 0 Å². The first-order chi connectivity index (χ1) is 5.49. The summed E-state index contributed by atoms with van der Waals surface area (Å²) in [5.41, 5.74) is 6.12. The van der Waals surface area contributed by atoms with Crippen molar-refractivity contribution in [3.05, 3.63) is 0 Å². The third-order valence-corrected chi connectivity index (χ3v) is 2.80. The van der Waals surface area contributed by atoms with Crippen molar-refractivity contribution in [2.24, 2.45) is 23.5 Å². The van der Waals surface area contributed by atoms with Crippen LogP contribution in [0, 0.1) is 17.8 Å². The van der Waals surface area contributed by atoms with Crippen LogP contribution in [0.3, 0.4) is 0 Å². The Hall–Kier alpha value is -0.0400.